The van der Waals surface area contributed by atoms with Crippen molar-refractivity contribution in [2.45, 2.75) is 329 Å². The summed E-state index contributed by atoms with van der Waals surface area (Å²) in [5.74, 6) is -2.27. The number of aliphatic hydroxyl groups is 1. The summed E-state index contributed by atoms with van der Waals surface area (Å²) in [6, 6.07) is 0. The third kappa shape index (κ3) is 78.5. The average Bonchev–Trinajstić information content (AvgIpc) is 0.917. The van der Waals surface area contributed by atoms with Crippen LogP contribution in [0.5, 0.6) is 0 Å². The van der Waals surface area contributed by atoms with E-state index in [0.717, 1.165) is 193 Å². The number of esters is 4. The van der Waals surface area contributed by atoms with Crippen molar-refractivity contribution in [1.82, 2.24) is 0 Å². The predicted molar refractivity (Wildman–Crippen MR) is 445 cm³/mol. The van der Waals surface area contributed by atoms with Gasteiger partial charge in [0.1, 0.15) is 19.3 Å². The summed E-state index contributed by atoms with van der Waals surface area (Å²) in [6.07, 6.45) is 94.7. The molecular weight excluding hydrogens is 1400 g/mol. The van der Waals surface area contributed by atoms with Crippen LogP contribution in [-0.2, 0) is 65.4 Å². The Morgan fingerprint density at radius 2 is 0.481 bits per heavy atom. The topological polar surface area (TPSA) is 237 Å². The first-order valence-corrected chi connectivity index (χ1v) is 44.4. The number of allylic oxidation sites excluding steroid dienone is 28. The van der Waals surface area contributed by atoms with Crippen molar-refractivity contribution in [3.8, 4) is 0 Å². The van der Waals surface area contributed by atoms with Crippen molar-refractivity contribution < 1.29 is 80.2 Å². The lowest BCUT2D eigenvalue weighted by molar-refractivity contribution is -0.161. The van der Waals surface area contributed by atoms with Crippen LogP contribution >= 0.6 is 15.6 Å². The number of rotatable bonds is 76. The molecule has 0 amide bonds. The minimum absolute atomic E-state index is 0.0647. The molecule has 0 spiro atoms. The predicted octanol–water partition coefficient (Wildman–Crippen LogP) is 24.6. The van der Waals surface area contributed by atoms with E-state index in [1.165, 1.54) is 38.5 Å². The maximum Gasteiger partial charge on any atom is 0.472 e. The zero-order chi connectivity index (χ0) is 78.9. The number of carbonyl (C=O) groups is 4. The van der Waals surface area contributed by atoms with Gasteiger partial charge in [-0.2, -0.15) is 0 Å². The van der Waals surface area contributed by atoms with Crippen LogP contribution in [0.15, 0.2) is 170 Å². The van der Waals surface area contributed by atoms with E-state index in [1.807, 2.05) is 0 Å². The number of hydrogen-bond acceptors (Lipinski definition) is 15. The molecule has 17 nitrogen and oxygen atoms in total. The van der Waals surface area contributed by atoms with Gasteiger partial charge in [0.05, 0.1) is 26.4 Å². The number of carbonyl (C=O) groups excluding carboxylic acids is 4. The molecule has 108 heavy (non-hydrogen) atoms. The first kappa shape index (κ1) is 102. The van der Waals surface area contributed by atoms with E-state index in [0.29, 0.717) is 25.7 Å². The fourth-order valence-electron chi connectivity index (χ4n) is 10.5. The van der Waals surface area contributed by atoms with E-state index >= 15 is 0 Å². The van der Waals surface area contributed by atoms with E-state index in [-0.39, 0.29) is 25.7 Å². The molecule has 5 unspecified atom stereocenters. The normalized spacial score (nSPS) is 14.7. The highest BCUT2D eigenvalue weighted by Gasteiger charge is 2.30. The van der Waals surface area contributed by atoms with Crippen molar-refractivity contribution in [2.24, 2.45) is 0 Å². The second-order valence-corrected chi connectivity index (χ2v) is 29.8. The molecular formula is C89H146O17P2. The van der Waals surface area contributed by atoms with E-state index in [4.69, 9.17) is 37.0 Å². The molecule has 19 heteroatoms. The molecule has 0 aromatic rings. The quantitative estimate of drug-likeness (QED) is 0.0169. The number of aliphatic hydroxyl groups excluding tert-OH is 1. The van der Waals surface area contributed by atoms with Crippen LogP contribution in [0.1, 0.15) is 310 Å². The first-order valence-electron chi connectivity index (χ1n) is 41.4. The van der Waals surface area contributed by atoms with Crippen LogP contribution in [0.4, 0.5) is 0 Å². The Hall–Kier alpha value is -5.58. The standard InChI is InChI=1S/C89H146O17P2/c1-5-9-13-17-21-25-29-32-35-38-41-44-47-50-54-57-61-65-69-73-86(91)99-79-84(105-88(93)75-71-67-63-59-53-28-24-20-16-12-8-4)81-103-107(95,96)101-77-83(90)78-102-108(97,98)104-82-85(106-89(94)76-72-68-64-60-56-52-49-46-43-40-37-34-31-27-23-19-15-11-7-3)80-100-87(92)74-70-66-62-58-55-51-48-45-42-39-36-33-30-26-22-18-14-10-6-2/h9-11,13-15,21-23,25-27,32-37,41-46,50-51,54-55,83-85,90H,5-8,12,16-20,24,28-31,38-40,47-49,52-53,56-82H2,1-4H3,(H,95,96)(H,97,98)/b13-9-,14-10-,15-11-,25-21-,26-22-,27-23-,35-32-,36-33-,37-34-,44-41-,45-42-,46-43-,54-50-,55-51-. The monoisotopic (exact) mass is 1550 g/mol. The van der Waals surface area contributed by atoms with Gasteiger partial charge >= 0.3 is 39.5 Å². The molecule has 0 aliphatic heterocycles. The molecule has 0 aromatic heterocycles. The summed E-state index contributed by atoms with van der Waals surface area (Å²) in [7, 11) is -9.99. The molecule has 0 bridgehead atoms. The minimum atomic E-state index is -5.00. The zero-order valence-corrected chi connectivity index (χ0v) is 69.0. The average molecular weight is 1550 g/mol. The number of phosphoric ester groups is 2. The number of unbranched alkanes of at least 4 members (excludes halogenated alkanes) is 22. The Labute approximate surface area is 654 Å². The van der Waals surface area contributed by atoms with Gasteiger partial charge in [0.15, 0.2) is 12.2 Å². The van der Waals surface area contributed by atoms with Crippen LogP contribution in [0.3, 0.4) is 0 Å². The Bertz CT molecular complexity index is 2710. The van der Waals surface area contributed by atoms with Crippen LogP contribution < -0.4 is 0 Å². The second kappa shape index (κ2) is 79.5. The van der Waals surface area contributed by atoms with Gasteiger partial charge in [0, 0.05) is 25.7 Å². The van der Waals surface area contributed by atoms with Crippen molar-refractivity contribution in [3.63, 3.8) is 0 Å². The highest BCUT2D eigenvalue weighted by atomic mass is 31.2. The number of ether oxygens (including phenoxy) is 4. The van der Waals surface area contributed by atoms with Crippen LogP contribution in [0.25, 0.3) is 0 Å². The molecule has 3 N–H and O–H groups in total. The Balaban J connectivity index is 5.42. The van der Waals surface area contributed by atoms with Gasteiger partial charge in [-0.1, -0.05) is 301 Å². The fraction of sp³-hybridized carbons (Fsp3) is 0.640. The van der Waals surface area contributed by atoms with Gasteiger partial charge in [-0.3, -0.25) is 37.3 Å². The summed E-state index contributed by atoms with van der Waals surface area (Å²) in [5, 5.41) is 10.7. The molecule has 0 saturated heterocycles. The fourth-order valence-corrected chi connectivity index (χ4v) is 12.1. The molecule has 0 aliphatic rings. The SMILES string of the molecule is CC/C=C\C/C=C\C/C=C\C/C=C\C/C=C\CCCCCC(=O)OCC(COP(=O)(O)OCC(O)COP(=O)(O)OCC(COC(=O)CCCCC/C=C\C/C=C\C/C=C\C/C=C\C/C=C\CC)OC(=O)CCCCCCCCCCCCC)OC(=O)CCCCCCCC/C=C\C/C=C\C/C=C\C/C=C\CC. The second-order valence-electron chi connectivity index (χ2n) is 26.9. The first-order chi connectivity index (χ1) is 52.7. The molecule has 0 fully saturated rings. The van der Waals surface area contributed by atoms with Gasteiger partial charge in [0.2, 0.25) is 0 Å². The van der Waals surface area contributed by atoms with E-state index in [2.05, 4.69) is 198 Å². The Kier molecular flexibility index (Phi) is 75.4. The van der Waals surface area contributed by atoms with Crippen LogP contribution in [0.2, 0.25) is 0 Å². The largest absolute Gasteiger partial charge is 0.472 e. The third-order valence-electron chi connectivity index (χ3n) is 16.7. The van der Waals surface area contributed by atoms with Crippen molar-refractivity contribution in [2.75, 3.05) is 39.6 Å². The van der Waals surface area contributed by atoms with Crippen molar-refractivity contribution in [3.05, 3.63) is 170 Å². The summed E-state index contributed by atoms with van der Waals surface area (Å²) < 4.78 is 68.6. The van der Waals surface area contributed by atoms with Crippen LogP contribution in [0, 0.1) is 0 Å². The molecule has 5 atom stereocenters. The summed E-state index contributed by atoms with van der Waals surface area (Å²) >= 11 is 0. The smallest absolute Gasteiger partial charge is 0.462 e. The van der Waals surface area contributed by atoms with Crippen molar-refractivity contribution in [1.29, 1.82) is 0 Å². The summed E-state index contributed by atoms with van der Waals surface area (Å²) in [5.41, 5.74) is 0. The Morgan fingerprint density at radius 1 is 0.269 bits per heavy atom. The molecule has 0 heterocycles. The summed E-state index contributed by atoms with van der Waals surface area (Å²) in [6.45, 7) is 4.44. The van der Waals surface area contributed by atoms with E-state index in [9.17, 15) is 43.2 Å². The third-order valence-corrected chi connectivity index (χ3v) is 18.6. The van der Waals surface area contributed by atoms with Gasteiger partial charge in [0.25, 0.3) is 0 Å². The lowest BCUT2D eigenvalue weighted by Crippen LogP contribution is -2.30. The van der Waals surface area contributed by atoms with Gasteiger partial charge in [-0.15, -0.1) is 0 Å². The lowest BCUT2D eigenvalue weighted by Gasteiger charge is -2.21. The summed E-state index contributed by atoms with van der Waals surface area (Å²) in [4.78, 5) is 73.1. The Morgan fingerprint density at radius 3 is 0.750 bits per heavy atom. The van der Waals surface area contributed by atoms with E-state index < -0.39 is 97.5 Å². The highest BCUT2D eigenvalue weighted by Crippen LogP contribution is 2.45. The molecule has 0 rings (SSSR count). The molecule has 0 aliphatic carbocycles. The number of hydrogen-bond donors (Lipinski definition) is 3. The number of phosphoric acid groups is 2. The molecule has 614 valence electrons. The van der Waals surface area contributed by atoms with Crippen molar-refractivity contribution >= 4 is 39.5 Å². The minimum Gasteiger partial charge on any atom is -0.462 e. The van der Waals surface area contributed by atoms with E-state index in [1.54, 1.807) is 0 Å². The molecule has 0 saturated carbocycles. The van der Waals surface area contributed by atoms with Gasteiger partial charge in [-0.25, -0.2) is 9.13 Å². The highest BCUT2D eigenvalue weighted by molar-refractivity contribution is 7.47. The maximum absolute atomic E-state index is 13.1. The molecule has 0 radical (unpaired) electrons. The van der Waals surface area contributed by atoms with Gasteiger partial charge < -0.3 is 33.8 Å². The zero-order valence-electron chi connectivity index (χ0n) is 67.2. The van der Waals surface area contributed by atoms with Crippen LogP contribution in [-0.4, -0.2) is 96.7 Å². The molecule has 0 aromatic carbocycles. The van der Waals surface area contributed by atoms with Gasteiger partial charge in [-0.05, 0) is 154 Å². The lowest BCUT2D eigenvalue weighted by atomic mass is 10.1. The maximum atomic E-state index is 13.1.